The van der Waals surface area contributed by atoms with Crippen LogP contribution in [0.1, 0.15) is 25.3 Å². The molecule has 1 aliphatic rings. The molecule has 0 bridgehead atoms. The molecule has 0 spiro atoms. The lowest BCUT2D eigenvalue weighted by Crippen LogP contribution is -2.33. The number of hydrogen-bond acceptors (Lipinski definition) is 3. The molecule has 0 amide bonds. The maximum Gasteiger partial charge on any atom is 0.118 e. The van der Waals surface area contributed by atoms with Crippen LogP contribution in [0.2, 0.25) is 0 Å². The molecule has 1 aromatic carbocycles. The Morgan fingerprint density at radius 3 is 2.56 bits per heavy atom. The highest BCUT2D eigenvalue weighted by molar-refractivity contribution is 5.26. The number of ether oxygens (including phenoxy) is 1. The fraction of sp³-hybridized carbons (Fsp3) is 0.600. The van der Waals surface area contributed by atoms with Gasteiger partial charge in [-0.15, -0.1) is 0 Å². The van der Waals surface area contributed by atoms with Gasteiger partial charge in [-0.05, 0) is 37.1 Å². The van der Waals surface area contributed by atoms with Gasteiger partial charge < -0.3 is 10.1 Å². The second-order valence-corrected chi connectivity index (χ2v) is 4.88. The van der Waals surface area contributed by atoms with Crippen LogP contribution >= 0.6 is 0 Å². The molecule has 3 heteroatoms. The van der Waals surface area contributed by atoms with Crippen LogP contribution in [-0.2, 0) is 6.54 Å². The first kappa shape index (κ1) is 13.4. The van der Waals surface area contributed by atoms with E-state index >= 15 is 0 Å². The maximum absolute atomic E-state index is 5.15. The van der Waals surface area contributed by atoms with Gasteiger partial charge in [0.05, 0.1) is 7.11 Å². The molecule has 0 aromatic heterocycles. The molecule has 1 aromatic rings. The van der Waals surface area contributed by atoms with Crippen molar-refractivity contribution in [2.24, 2.45) is 0 Å². The van der Waals surface area contributed by atoms with E-state index in [0.29, 0.717) is 0 Å². The van der Waals surface area contributed by atoms with E-state index in [1.165, 1.54) is 24.9 Å². The molecule has 0 aliphatic heterocycles. The molecule has 1 N–H and O–H groups in total. The highest BCUT2D eigenvalue weighted by Gasteiger charge is 2.26. The van der Waals surface area contributed by atoms with E-state index in [0.717, 1.165) is 31.4 Å². The summed E-state index contributed by atoms with van der Waals surface area (Å²) >= 11 is 0. The predicted octanol–water partition coefficient (Wildman–Crippen LogP) is 2.27. The number of hydrogen-bond donors (Lipinski definition) is 1. The molecule has 1 fully saturated rings. The molecule has 3 nitrogen and oxygen atoms in total. The Bertz CT molecular complexity index is 346. The van der Waals surface area contributed by atoms with E-state index in [-0.39, 0.29) is 0 Å². The second-order valence-electron chi connectivity index (χ2n) is 4.88. The van der Waals surface area contributed by atoms with Gasteiger partial charge in [-0.2, -0.15) is 0 Å². The zero-order valence-electron chi connectivity index (χ0n) is 11.5. The topological polar surface area (TPSA) is 24.5 Å². The predicted molar refractivity (Wildman–Crippen MR) is 75.0 cm³/mol. The summed E-state index contributed by atoms with van der Waals surface area (Å²) in [4.78, 5) is 2.57. The lowest BCUT2D eigenvalue weighted by Gasteiger charge is -2.19. The fourth-order valence-corrected chi connectivity index (χ4v) is 2.24. The standard InChI is InChI=1S/C15H24N2O/c1-3-17(14-6-7-14)11-10-16-12-13-4-8-15(18-2)9-5-13/h4-5,8-9,14,16H,3,6-7,10-12H2,1-2H3. The van der Waals surface area contributed by atoms with Crippen molar-refractivity contribution in [3.05, 3.63) is 29.8 Å². The quantitative estimate of drug-likeness (QED) is 0.714. The zero-order chi connectivity index (χ0) is 12.8. The van der Waals surface area contributed by atoms with Crippen molar-refractivity contribution in [1.82, 2.24) is 10.2 Å². The zero-order valence-corrected chi connectivity index (χ0v) is 11.5. The minimum absolute atomic E-state index is 0.873. The van der Waals surface area contributed by atoms with E-state index in [9.17, 15) is 0 Å². The van der Waals surface area contributed by atoms with Crippen LogP contribution in [0.25, 0.3) is 0 Å². The molecule has 0 radical (unpaired) electrons. The van der Waals surface area contributed by atoms with Crippen molar-refractivity contribution in [1.29, 1.82) is 0 Å². The van der Waals surface area contributed by atoms with Gasteiger partial charge in [0.2, 0.25) is 0 Å². The fourth-order valence-electron chi connectivity index (χ4n) is 2.24. The molecule has 0 saturated heterocycles. The van der Waals surface area contributed by atoms with E-state index in [1.54, 1.807) is 7.11 Å². The normalized spacial score (nSPS) is 15.1. The van der Waals surface area contributed by atoms with Gasteiger partial charge in [-0.3, -0.25) is 4.90 Å². The Hall–Kier alpha value is -1.06. The number of likely N-dealkylation sites (N-methyl/N-ethyl adjacent to an activating group) is 1. The first-order valence-electron chi connectivity index (χ1n) is 6.91. The second kappa shape index (κ2) is 6.76. The summed E-state index contributed by atoms with van der Waals surface area (Å²) in [5.41, 5.74) is 1.31. The summed E-state index contributed by atoms with van der Waals surface area (Å²) < 4.78 is 5.15. The van der Waals surface area contributed by atoms with Crippen molar-refractivity contribution in [2.45, 2.75) is 32.4 Å². The third-order valence-electron chi connectivity index (χ3n) is 3.53. The minimum atomic E-state index is 0.873. The lowest BCUT2D eigenvalue weighted by molar-refractivity contribution is 0.277. The minimum Gasteiger partial charge on any atom is -0.497 e. The van der Waals surface area contributed by atoms with Crippen LogP contribution < -0.4 is 10.1 Å². The molecule has 0 heterocycles. The molecule has 0 atom stereocenters. The molecule has 18 heavy (non-hydrogen) atoms. The summed E-state index contributed by atoms with van der Waals surface area (Å²) in [6, 6.07) is 9.13. The summed E-state index contributed by atoms with van der Waals surface area (Å²) in [6.07, 6.45) is 2.79. The molecule has 1 aliphatic carbocycles. The van der Waals surface area contributed by atoms with E-state index < -0.39 is 0 Å². The highest BCUT2D eigenvalue weighted by Crippen LogP contribution is 2.25. The maximum atomic E-state index is 5.15. The lowest BCUT2D eigenvalue weighted by atomic mass is 10.2. The van der Waals surface area contributed by atoms with Crippen LogP contribution in [0.3, 0.4) is 0 Å². The van der Waals surface area contributed by atoms with Crippen LogP contribution in [0, 0.1) is 0 Å². The Kier molecular flexibility index (Phi) is 5.02. The number of nitrogens with zero attached hydrogens (tertiary/aromatic N) is 1. The van der Waals surface area contributed by atoms with Crippen molar-refractivity contribution < 1.29 is 4.74 Å². The molecule has 2 rings (SSSR count). The smallest absolute Gasteiger partial charge is 0.118 e. The summed E-state index contributed by atoms with van der Waals surface area (Å²) in [5, 5.41) is 3.50. The van der Waals surface area contributed by atoms with Crippen molar-refractivity contribution in [2.75, 3.05) is 26.7 Å². The molecule has 100 valence electrons. The SMILES string of the molecule is CCN(CCNCc1ccc(OC)cc1)C1CC1. The average molecular weight is 248 g/mol. The van der Waals surface area contributed by atoms with Gasteiger partial charge in [-0.25, -0.2) is 0 Å². The largest absolute Gasteiger partial charge is 0.497 e. The molecule has 0 unspecified atom stereocenters. The van der Waals surface area contributed by atoms with E-state index in [4.69, 9.17) is 4.74 Å². The number of methoxy groups -OCH3 is 1. The summed E-state index contributed by atoms with van der Waals surface area (Å²) in [6.45, 7) is 6.59. The van der Waals surface area contributed by atoms with Gasteiger partial charge in [0.25, 0.3) is 0 Å². The van der Waals surface area contributed by atoms with Gasteiger partial charge in [0.15, 0.2) is 0 Å². The van der Waals surface area contributed by atoms with E-state index in [1.807, 2.05) is 12.1 Å². The Morgan fingerprint density at radius 2 is 2.00 bits per heavy atom. The molecular weight excluding hydrogens is 224 g/mol. The van der Waals surface area contributed by atoms with Gasteiger partial charge in [0.1, 0.15) is 5.75 Å². The van der Waals surface area contributed by atoms with Crippen molar-refractivity contribution in [3.63, 3.8) is 0 Å². The molecule has 1 saturated carbocycles. The monoisotopic (exact) mass is 248 g/mol. The van der Waals surface area contributed by atoms with Gasteiger partial charge >= 0.3 is 0 Å². The third-order valence-corrected chi connectivity index (χ3v) is 3.53. The Morgan fingerprint density at radius 1 is 1.28 bits per heavy atom. The number of nitrogens with one attached hydrogen (secondary N) is 1. The third kappa shape index (κ3) is 4.00. The van der Waals surface area contributed by atoms with Crippen LogP contribution in [-0.4, -0.2) is 37.7 Å². The van der Waals surface area contributed by atoms with E-state index in [2.05, 4.69) is 29.3 Å². The Labute approximate surface area is 110 Å². The highest BCUT2D eigenvalue weighted by atomic mass is 16.5. The van der Waals surface area contributed by atoms with Crippen molar-refractivity contribution in [3.8, 4) is 5.75 Å². The summed E-state index contributed by atoms with van der Waals surface area (Å²) in [5.74, 6) is 0.921. The summed E-state index contributed by atoms with van der Waals surface area (Å²) in [7, 11) is 1.70. The first-order valence-corrected chi connectivity index (χ1v) is 6.91. The number of rotatable bonds is 8. The van der Waals surface area contributed by atoms with Crippen molar-refractivity contribution >= 4 is 0 Å². The van der Waals surface area contributed by atoms with Gasteiger partial charge in [0, 0.05) is 25.7 Å². The van der Waals surface area contributed by atoms with Crippen LogP contribution in [0.5, 0.6) is 5.75 Å². The van der Waals surface area contributed by atoms with Gasteiger partial charge in [-0.1, -0.05) is 19.1 Å². The van der Waals surface area contributed by atoms with Crippen LogP contribution in [0.4, 0.5) is 0 Å². The van der Waals surface area contributed by atoms with Crippen LogP contribution in [0.15, 0.2) is 24.3 Å². The first-order chi connectivity index (χ1) is 8.83. The average Bonchev–Trinajstić information content (AvgIpc) is 3.24. The molecular formula is C15H24N2O. The Balaban J connectivity index is 1.64. The number of benzene rings is 1.